The van der Waals surface area contributed by atoms with Gasteiger partial charge in [-0.05, 0) is 36.2 Å². The highest BCUT2D eigenvalue weighted by Gasteiger charge is 2.24. The van der Waals surface area contributed by atoms with Crippen LogP contribution in [-0.2, 0) is 11.2 Å². The van der Waals surface area contributed by atoms with Crippen molar-refractivity contribution in [1.29, 1.82) is 0 Å². The second-order valence-corrected chi connectivity index (χ2v) is 6.40. The lowest BCUT2D eigenvalue weighted by Crippen LogP contribution is -2.49. The number of carbonyl (C=O) groups excluding carboxylic acids is 1. The van der Waals surface area contributed by atoms with Crippen LogP contribution in [-0.4, -0.2) is 54.0 Å². The first-order chi connectivity index (χ1) is 12.2. The fraction of sp³-hybridized carbons (Fsp3) is 0.400. The van der Waals surface area contributed by atoms with Gasteiger partial charge in [-0.25, -0.2) is 0 Å². The lowest BCUT2D eigenvalue weighted by Gasteiger charge is -2.38. The summed E-state index contributed by atoms with van der Waals surface area (Å²) >= 11 is 0. The molecular weight excluding hydrogens is 314 g/mol. The van der Waals surface area contributed by atoms with Gasteiger partial charge >= 0.3 is 0 Å². The van der Waals surface area contributed by atoms with E-state index in [1.807, 2.05) is 41.4 Å². The highest BCUT2D eigenvalue weighted by atomic mass is 16.5. The molecule has 1 unspecified atom stereocenters. The van der Waals surface area contributed by atoms with E-state index in [1.165, 1.54) is 5.56 Å². The normalized spacial score (nSPS) is 16.5. The number of nitrogens with zero attached hydrogens (tertiary/aromatic N) is 3. The van der Waals surface area contributed by atoms with Crippen molar-refractivity contribution in [3.05, 3.63) is 59.9 Å². The number of benzene rings is 1. The smallest absolute Gasteiger partial charge is 0.227 e. The minimum Gasteiger partial charge on any atom is -0.497 e. The van der Waals surface area contributed by atoms with Crippen LogP contribution >= 0.6 is 0 Å². The molecule has 0 N–H and O–H groups in total. The summed E-state index contributed by atoms with van der Waals surface area (Å²) in [6.45, 7) is 5.54. The Hall–Kier alpha value is -2.40. The SMILES string of the molecule is COc1ccc(CC(=O)N2CCN(C(C)c3cccnc3)CC2)cc1. The Morgan fingerprint density at radius 2 is 1.88 bits per heavy atom. The van der Waals surface area contributed by atoms with Crippen molar-refractivity contribution in [2.24, 2.45) is 0 Å². The average Bonchev–Trinajstić information content (AvgIpc) is 2.69. The largest absolute Gasteiger partial charge is 0.497 e. The van der Waals surface area contributed by atoms with Gasteiger partial charge in [0.25, 0.3) is 0 Å². The third-order valence-corrected chi connectivity index (χ3v) is 4.90. The molecule has 5 heteroatoms. The first-order valence-corrected chi connectivity index (χ1v) is 8.72. The Balaban J connectivity index is 1.52. The molecule has 1 saturated heterocycles. The van der Waals surface area contributed by atoms with Gasteiger partial charge in [-0.2, -0.15) is 0 Å². The third-order valence-electron chi connectivity index (χ3n) is 4.90. The van der Waals surface area contributed by atoms with Crippen LogP contribution in [0.4, 0.5) is 0 Å². The van der Waals surface area contributed by atoms with E-state index in [-0.39, 0.29) is 5.91 Å². The predicted molar refractivity (Wildman–Crippen MR) is 97.5 cm³/mol. The van der Waals surface area contributed by atoms with Gasteiger partial charge < -0.3 is 9.64 Å². The fourth-order valence-electron chi connectivity index (χ4n) is 3.22. The Morgan fingerprint density at radius 1 is 1.16 bits per heavy atom. The molecule has 3 rings (SSSR count). The van der Waals surface area contributed by atoms with E-state index in [1.54, 1.807) is 13.3 Å². The lowest BCUT2D eigenvalue weighted by atomic mass is 10.1. The molecule has 0 radical (unpaired) electrons. The molecule has 1 aliphatic heterocycles. The Kier molecular flexibility index (Phi) is 5.66. The monoisotopic (exact) mass is 339 g/mol. The van der Waals surface area contributed by atoms with Crippen LogP contribution in [0.5, 0.6) is 5.75 Å². The van der Waals surface area contributed by atoms with Crippen molar-refractivity contribution in [3.63, 3.8) is 0 Å². The van der Waals surface area contributed by atoms with Crippen molar-refractivity contribution >= 4 is 5.91 Å². The van der Waals surface area contributed by atoms with Crippen LogP contribution in [0.15, 0.2) is 48.8 Å². The zero-order valence-electron chi connectivity index (χ0n) is 14.9. The maximum Gasteiger partial charge on any atom is 0.227 e. The molecule has 2 aromatic rings. The second-order valence-electron chi connectivity index (χ2n) is 6.40. The minimum atomic E-state index is 0.193. The van der Waals surface area contributed by atoms with Crippen LogP contribution < -0.4 is 4.74 Å². The predicted octanol–water partition coefficient (Wildman–Crippen LogP) is 2.54. The number of hydrogen-bond acceptors (Lipinski definition) is 4. The summed E-state index contributed by atoms with van der Waals surface area (Å²) in [5.41, 5.74) is 2.25. The van der Waals surface area contributed by atoms with Crippen LogP contribution in [0.2, 0.25) is 0 Å². The van der Waals surface area contributed by atoms with Gasteiger partial charge in [-0.3, -0.25) is 14.7 Å². The molecule has 1 amide bonds. The van der Waals surface area contributed by atoms with Crippen LogP contribution in [0.3, 0.4) is 0 Å². The first kappa shape index (κ1) is 17.4. The summed E-state index contributed by atoms with van der Waals surface area (Å²) in [6, 6.07) is 12.1. The van der Waals surface area contributed by atoms with E-state index < -0.39 is 0 Å². The van der Waals surface area contributed by atoms with E-state index in [2.05, 4.69) is 22.9 Å². The molecule has 1 aliphatic rings. The Bertz CT molecular complexity index is 680. The maximum absolute atomic E-state index is 12.5. The first-order valence-electron chi connectivity index (χ1n) is 8.72. The van der Waals surface area contributed by atoms with E-state index in [0.29, 0.717) is 12.5 Å². The van der Waals surface area contributed by atoms with Gasteiger partial charge in [0.2, 0.25) is 5.91 Å². The number of pyridine rings is 1. The lowest BCUT2D eigenvalue weighted by molar-refractivity contribution is -0.132. The number of aromatic nitrogens is 1. The molecule has 2 heterocycles. The molecule has 1 fully saturated rings. The Labute approximate surface area is 149 Å². The molecule has 0 spiro atoms. The molecule has 1 aromatic carbocycles. The molecule has 25 heavy (non-hydrogen) atoms. The number of carbonyl (C=O) groups is 1. The highest BCUT2D eigenvalue weighted by molar-refractivity contribution is 5.79. The zero-order valence-corrected chi connectivity index (χ0v) is 14.9. The number of hydrogen-bond donors (Lipinski definition) is 0. The van der Waals surface area contributed by atoms with Crippen molar-refractivity contribution in [1.82, 2.24) is 14.8 Å². The summed E-state index contributed by atoms with van der Waals surface area (Å²) in [4.78, 5) is 21.1. The van der Waals surface area contributed by atoms with Crippen molar-refractivity contribution in [2.45, 2.75) is 19.4 Å². The fourth-order valence-corrected chi connectivity index (χ4v) is 3.22. The highest BCUT2D eigenvalue weighted by Crippen LogP contribution is 2.21. The number of methoxy groups -OCH3 is 1. The number of rotatable bonds is 5. The van der Waals surface area contributed by atoms with Gasteiger partial charge in [0.15, 0.2) is 0 Å². The molecule has 132 valence electrons. The summed E-state index contributed by atoms with van der Waals surface area (Å²) < 4.78 is 5.16. The molecule has 5 nitrogen and oxygen atoms in total. The van der Waals surface area contributed by atoms with E-state index >= 15 is 0 Å². The summed E-state index contributed by atoms with van der Waals surface area (Å²) in [5.74, 6) is 1.01. The summed E-state index contributed by atoms with van der Waals surface area (Å²) in [6.07, 6.45) is 4.17. The molecule has 1 atom stereocenters. The molecule has 0 bridgehead atoms. The summed E-state index contributed by atoms with van der Waals surface area (Å²) in [5, 5.41) is 0. The third kappa shape index (κ3) is 4.37. The van der Waals surface area contributed by atoms with E-state index in [4.69, 9.17) is 4.74 Å². The second kappa shape index (κ2) is 8.12. The number of amides is 1. The maximum atomic E-state index is 12.5. The molecule has 0 saturated carbocycles. The molecule has 1 aromatic heterocycles. The topological polar surface area (TPSA) is 45.7 Å². The van der Waals surface area contributed by atoms with Crippen LogP contribution in [0, 0.1) is 0 Å². The standard InChI is InChI=1S/C20H25N3O2/c1-16(18-4-3-9-21-15-18)22-10-12-23(13-11-22)20(24)14-17-5-7-19(25-2)8-6-17/h3-9,15-16H,10-14H2,1-2H3. The van der Waals surface area contributed by atoms with Gasteiger partial charge in [0.1, 0.15) is 5.75 Å². The van der Waals surface area contributed by atoms with Crippen LogP contribution in [0.25, 0.3) is 0 Å². The number of ether oxygens (including phenoxy) is 1. The van der Waals surface area contributed by atoms with E-state index in [0.717, 1.165) is 37.5 Å². The molecule has 0 aliphatic carbocycles. The average molecular weight is 339 g/mol. The summed E-state index contributed by atoms with van der Waals surface area (Å²) in [7, 11) is 1.64. The minimum absolute atomic E-state index is 0.193. The van der Waals surface area contributed by atoms with Gasteiger partial charge in [0.05, 0.1) is 13.5 Å². The quantitative estimate of drug-likeness (QED) is 0.840. The zero-order chi connectivity index (χ0) is 17.6. The van der Waals surface area contributed by atoms with Gasteiger partial charge in [-0.1, -0.05) is 18.2 Å². The molecular formula is C20H25N3O2. The van der Waals surface area contributed by atoms with Gasteiger partial charge in [0, 0.05) is 44.6 Å². The van der Waals surface area contributed by atoms with Crippen molar-refractivity contribution in [2.75, 3.05) is 33.3 Å². The van der Waals surface area contributed by atoms with Crippen molar-refractivity contribution in [3.8, 4) is 5.75 Å². The number of piperazine rings is 1. The van der Waals surface area contributed by atoms with Crippen LogP contribution in [0.1, 0.15) is 24.1 Å². The Morgan fingerprint density at radius 3 is 2.48 bits per heavy atom. The van der Waals surface area contributed by atoms with E-state index in [9.17, 15) is 4.79 Å². The van der Waals surface area contributed by atoms with Gasteiger partial charge in [-0.15, -0.1) is 0 Å². The van der Waals surface area contributed by atoms with Crippen molar-refractivity contribution < 1.29 is 9.53 Å².